The second-order valence-electron chi connectivity index (χ2n) is 3.86. The van der Waals surface area contributed by atoms with Gasteiger partial charge in [0.15, 0.2) is 0 Å². The van der Waals surface area contributed by atoms with Gasteiger partial charge in [-0.3, -0.25) is 4.57 Å². The molecule has 0 aromatic heterocycles. The first-order valence-corrected chi connectivity index (χ1v) is 7.40. The van der Waals surface area contributed by atoms with E-state index in [1.807, 2.05) is 0 Å². The van der Waals surface area contributed by atoms with Gasteiger partial charge in [0.1, 0.15) is 0 Å². The van der Waals surface area contributed by atoms with Gasteiger partial charge in [-0.2, -0.15) is 0 Å². The van der Waals surface area contributed by atoms with Gasteiger partial charge in [-0.1, -0.05) is 51.9 Å². The molecule has 0 spiro atoms. The average molecular weight is 262 g/mol. The van der Waals surface area contributed by atoms with E-state index in [1.165, 1.54) is 32.1 Å². The second kappa shape index (κ2) is 12.2. The Morgan fingerprint density at radius 1 is 0.867 bits per heavy atom. The van der Waals surface area contributed by atoms with Gasteiger partial charge in [-0.15, -0.1) is 0 Å². The maximum atomic E-state index is 10.5. The molecule has 0 saturated heterocycles. The molecule has 0 atom stereocenters. The van der Waals surface area contributed by atoms with Crippen molar-refractivity contribution in [1.29, 1.82) is 0 Å². The van der Waals surface area contributed by atoms with E-state index in [4.69, 9.17) is 9.79 Å². The van der Waals surface area contributed by atoms with Crippen LogP contribution in [0.2, 0.25) is 0 Å². The zero-order valence-corrected chi connectivity index (χ0v) is 10.0. The van der Waals surface area contributed by atoms with Gasteiger partial charge in [0.05, 0.1) is 0 Å². The van der Waals surface area contributed by atoms with Crippen molar-refractivity contribution in [3.05, 3.63) is 0 Å². The molecule has 0 aliphatic carbocycles. The van der Waals surface area contributed by atoms with Crippen molar-refractivity contribution in [3.8, 4) is 0 Å². The van der Waals surface area contributed by atoms with E-state index in [0.29, 0.717) is 6.42 Å². The molecular formula is C10H24KO3P. The van der Waals surface area contributed by atoms with Gasteiger partial charge in [0, 0.05) is 6.16 Å². The van der Waals surface area contributed by atoms with E-state index >= 15 is 0 Å². The minimum atomic E-state index is -3.73. The van der Waals surface area contributed by atoms with Crippen LogP contribution in [0.25, 0.3) is 0 Å². The van der Waals surface area contributed by atoms with Crippen molar-refractivity contribution in [3.63, 3.8) is 0 Å². The number of rotatable bonds is 9. The van der Waals surface area contributed by atoms with Crippen LogP contribution >= 0.6 is 7.60 Å². The standard InChI is InChI=1S/C10H23O3P.K.H/c1-2-3-4-5-6-7-8-9-10-14(11,12)13;;/h2-10H2,1H3,(H2,11,12,13);;. The summed E-state index contributed by atoms with van der Waals surface area (Å²) in [6.45, 7) is 2.19. The molecule has 3 nitrogen and oxygen atoms in total. The van der Waals surface area contributed by atoms with E-state index in [2.05, 4.69) is 6.92 Å². The van der Waals surface area contributed by atoms with Gasteiger partial charge >= 0.3 is 59.0 Å². The molecule has 0 radical (unpaired) electrons. The summed E-state index contributed by atoms with van der Waals surface area (Å²) in [4.78, 5) is 17.2. The van der Waals surface area contributed by atoms with E-state index in [-0.39, 0.29) is 57.5 Å². The van der Waals surface area contributed by atoms with E-state index in [9.17, 15) is 4.57 Å². The molecule has 0 unspecified atom stereocenters. The fourth-order valence-electron chi connectivity index (χ4n) is 1.45. The Balaban J connectivity index is 0. The predicted octanol–water partition coefficient (Wildman–Crippen LogP) is 2.66. The summed E-state index contributed by atoms with van der Waals surface area (Å²) >= 11 is 0. The summed E-state index contributed by atoms with van der Waals surface area (Å²) in [5.41, 5.74) is 0. The molecule has 0 aromatic carbocycles. The zero-order chi connectivity index (χ0) is 10.9. The van der Waals surface area contributed by atoms with Crippen LogP contribution < -0.4 is 0 Å². The first kappa shape index (κ1) is 19.1. The van der Waals surface area contributed by atoms with Crippen molar-refractivity contribution < 1.29 is 14.4 Å². The van der Waals surface area contributed by atoms with Gasteiger partial charge in [0.25, 0.3) is 0 Å². The van der Waals surface area contributed by atoms with Gasteiger partial charge in [-0.05, 0) is 6.42 Å². The molecule has 0 aliphatic heterocycles. The summed E-state index contributed by atoms with van der Waals surface area (Å²) in [7, 11) is -3.73. The molecule has 0 fully saturated rings. The van der Waals surface area contributed by atoms with Crippen molar-refractivity contribution in [2.75, 3.05) is 6.16 Å². The number of hydrogen-bond donors (Lipinski definition) is 2. The van der Waals surface area contributed by atoms with Gasteiger partial charge < -0.3 is 9.79 Å². The Morgan fingerprint density at radius 2 is 1.27 bits per heavy atom. The van der Waals surface area contributed by atoms with Crippen molar-refractivity contribution in [1.82, 2.24) is 0 Å². The van der Waals surface area contributed by atoms with Crippen LogP contribution in [0, 0.1) is 0 Å². The van der Waals surface area contributed by atoms with Crippen LogP contribution in [-0.4, -0.2) is 67.3 Å². The fraction of sp³-hybridized carbons (Fsp3) is 1.00. The van der Waals surface area contributed by atoms with Crippen LogP contribution in [-0.2, 0) is 4.57 Å². The van der Waals surface area contributed by atoms with Crippen LogP contribution in [0.15, 0.2) is 0 Å². The Kier molecular flexibility index (Phi) is 15.6. The first-order chi connectivity index (χ1) is 6.56. The third-order valence-corrected chi connectivity index (χ3v) is 3.20. The molecule has 2 N–H and O–H groups in total. The summed E-state index contributed by atoms with van der Waals surface area (Å²) in [6, 6.07) is 0. The predicted molar refractivity (Wildman–Crippen MR) is 66.7 cm³/mol. The van der Waals surface area contributed by atoms with Gasteiger partial charge in [-0.25, -0.2) is 0 Å². The van der Waals surface area contributed by atoms with Gasteiger partial charge in [0.2, 0.25) is 0 Å². The Morgan fingerprint density at radius 3 is 1.67 bits per heavy atom. The van der Waals surface area contributed by atoms with Crippen LogP contribution in [0.4, 0.5) is 0 Å². The molecule has 0 rings (SSSR count). The summed E-state index contributed by atoms with van der Waals surface area (Å²) in [6.07, 6.45) is 9.14. The fourth-order valence-corrected chi connectivity index (χ4v) is 2.09. The van der Waals surface area contributed by atoms with E-state index in [0.717, 1.165) is 12.8 Å². The number of hydrogen-bond acceptors (Lipinski definition) is 1. The third kappa shape index (κ3) is 18.4. The topological polar surface area (TPSA) is 57.5 Å². The average Bonchev–Trinajstić information content (AvgIpc) is 2.08. The Bertz CT molecular complexity index is 170. The molecule has 0 aromatic rings. The molecule has 0 aliphatic rings. The van der Waals surface area contributed by atoms with Crippen LogP contribution in [0.1, 0.15) is 58.3 Å². The molecule has 0 saturated carbocycles. The number of unbranched alkanes of at least 4 members (excludes halogenated alkanes) is 7. The van der Waals surface area contributed by atoms with Crippen molar-refractivity contribution >= 4 is 59.0 Å². The SMILES string of the molecule is CCCCCCCCCCP(=O)(O)O.[KH]. The van der Waals surface area contributed by atoms with E-state index < -0.39 is 7.60 Å². The molecule has 88 valence electrons. The normalized spacial score (nSPS) is 11.1. The van der Waals surface area contributed by atoms with Crippen LogP contribution in [0.5, 0.6) is 0 Å². The first-order valence-electron chi connectivity index (χ1n) is 5.61. The Hall–Kier alpha value is 1.79. The quantitative estimate of drug-likeness (QED) is 0.381. The zero-order valence-electron chi connectivity index (χ0n) is 9.11. The molecular weight excluding hydrogens is 238 g/mol. The second-order valence-corrected chi connectivity index (χ2v) is 5.64. The monoisotopic (exact) mass is 262 g/mol. The summed E-state index contributed by atoms with van der Waals surface area (Å²) < 4.78 is 10.5. The summed E-state index contributed by atoms with van der Waals surface area (Å²) in [5.74, 6) is 0. The van der Waals surface area contributed by atoms with E-state index in [1.54, 1.807) is 0 Å². The third-order valence-electron chi connectivity index (χ3n) is 2.30. The molecule has 5 heteroatoms. The molecule has 0 bridgehead atoms. The van der Waals surface area contributed by atoms with Crippen LogP contribution in [0.3, 0.4) is 0 Å². The Labute approximate surface area is 136 Å². The van der Waals surface area contributed by atoms with Crippen molar-refractivity contribution in [2.45, 2.75) is 58.3 Å². The van der Waals surface area contributed by atoms with Crippen molar-refractivity contribution in [2.24, 2.45) is 0 Å². The molecule has 0 amide bonds. The molecule has 15 heavy (non-hydrogen) atoms. The summed E-state index contributed by atoms with van der Waals surface area (Å²) in [5, 5.41) is 0. The molecule has 0 heterocycles. The maximum absolute atomic E-state index is 10.5. The minimum absolute atomic E-state index is 0.